The lowest BCUT2D eigenvalue weighted by molar-refractivity contribution is 0.560. The Kier molecular flexibility index (Phi) is 2.89. The zero-order valence-electron chi connectivity index (χ0n) is 5.90. The zero-order valence-corrected chi connectivity index (χ0v) is 5.90. The summed E-state index contributed by atoms with van der Waals surface area (Å²) in [6.07, 6.45) is 5.40. The molecule has 0 fully saturated rings. The maximum Gasteiger partial charge on any atom is 0.137 e. The van der Waals surface area contributed by atoms with E-state index in [0.717, 1.165) is 25.9 Å². The van der Waals surface area contributed by atoms with Gasteiger partial charge in [-0.3, -0.25) is 4.68 Å². The van der Waals surface area contributed by atoms with Crippen LogP contribution in [-0.2, 0) is 6.54 Å². The summed E-state index contributed by atoms with van der Waals surface area (Å²) in [5.41, 5.74) is 5.32. The van der Waals surface area contributed by atoms with Gasteiger partial charge in [0.15, 0.2) is 0 Å². The van der Waals surface area contributed by atoms with E-state index in [1.807, 2.05) is 4.68 Å². The van der Waals surface area contributed by atoms with Gasteiger partial charge in [0.25, 0.3) is 0 Å². The average Bonchev–Trinajstić information content (AvgIpc) is 2.41. The number of hydrogen-bond donors (Lipinski definition) is 1. The highest BCUT2D eigenvalue weighted by atomic mass is 15.3. The van der Waals surface area contributed by atoms with E-state index in [0.29, 0.717) is 0 Å². The second-order valence-electron chi connectivity index (χ2n) is 2.15. The zero-order chi connectivity index (χ0) is 7.23. The van der Waals surface area contributed by atoms with Crippen LogP contribution in [-0.4, -0.2) is 21.3 Å². The van der Waals surface area contributed by atoms with Gasteiger partial charge in [-0.2, -0.15) is 5.10 Å². The number of rotatable bonds is 4. The minimum atomic E-state index is 0.759. The molecular formula is C6H12N4. The molecule has 0 radical (unpaired) electrons. The van der Waals surface area contributed by atoms with Crippen LogP contribution < -0.4 is 5.73 Å². The topological polar surface area (TPSA) is 56.7 Å². The van der Waals surface area contributed by atoms with E-state index in [1.54, 1.807) is 12.7 Å². The first-order valence-electron chi connectivity index (χ1n) is 3.46. The summed E-state index contributed by atoms with van der Waals surface area (Å²) >= 11 is 0. The van der Waals surface area contributed by atoms with Crippen molar-refractivity contribution in [2.24, 2.45) is 5.73 Å². The predicted molar refractivity (Wildman–Crippen MR) is 38.3 cm³/mol. The van der Waals surface area contributed by atoms with Crippen molar-refractivity contribution in [3.05, 3.63) is 12.7 Å². The molecule has 0 unspecified atom stereocenters. The van der Waals surface area contributed by atoms with E-state index >= 15 is 0 Å². The van der Waals surface area contributed by atoms with Crippen LogP contribution in [0.5, 0.6) is 0 Å². The standard InChI is InChI=1S/C6H12N4/c7-3-1-2-4-10-6-8-5-9-10/h5-6H,1-4,7H2. The summed E-state index contributed by atoms with van der Waals surface area (Å²) < 4.78 is 1.82. The molecule has 1 heterocycles. The highest BCUT2D eigenvalue weighted by Crippen LogP contribution is 1.89. The van der Waals surface area contributed by atoms with Gasteiger partial charge in [-0.15, -0.1) is 0 Å². The number of hydrogen-bond acceptors (Lipinski definition) is 3. The maximum absolute atomic E-state index is 5.32. The molecule has 0 aliphatic carbocycles. The van der Waals surface area contributed by atoms with E-state index < -0.39 is 0 Å². The monoisotopic (exact) mass is 140 g/mol. The van der Waals surface area contributed by atoms with E-state index in [1.165, 1.54) is 0 Å². The molecule has 4 heteroatoms. The molecular weight excluding hydrogens is 128 g/mol. The molecule has 0 bridgehead atoms. The average molecular weight is 140 g/mol. The third-order valence-corrected chi connectivity index (χ3v) is 1.31. The lowest BCUT2D eigenvalue weighted by atomic mass is 10.3. The molecule has 0 saturated carbocycles. The molecule has 4 nitrogen and oxygen atoms in total. The molecule has 56 valence electrons. The van der Waals surface area contributed by atoms with Crippen LogP contribution in [0.1, 0.15) is 12.8 Å². The molecule has 0 atom stereocenters. The van der Waals surface area contributed by atoms with Gasteiger partial charge in [0, 0.05) is 6.54 Å². The van der Waals surface area contributed by atoms with Gasteiger partial charge in [0.05, 0.1) is 0 Å². The fourth-order valence-electron chi connectivity index (χ4n) is 0.766. The molecule has 1 rings (SSSR count). The summed E-state index contributed by atoms with van der Waals surface area (Å²) in [6.45, 7) is 1.69. The largest absolute Gasteiger partial charge is 0.330 e. The first kappa shape index (κ1) is 7.21. The van der Waals surface area contributed by atoms with Crippen LogP contribution in [0.3, 0.4) is 0 Å². The Bertz CT molecular complexity index is 158. The smallest absolute Gasteiger partial charge is 0.137 e. The lowest BCUT2D eigenvalue weighted by Gasteiger charge is -1.96. The van der Waals surface area contributed by atoms with Gasteiger partial charge >= 0.3 is 0 Å². The third kappa shape index (κ3) is 2.14. The Morgan fingerprint density at radius 1 is 1.40 bits per heavy atom. The Morgan fingerprint density at radius 3 is 2.90 bits per heavy atom. The molecule has 1 aromatic rings. The molecule has 10 heavy (non-hydrogen) atoms. The Morgan fingerprint density at radius 2 is 2.30 bits per heavy atom. The van der Waals surface area contributed by atoms with Gasteiger partial charge in [-0.25, -0.2) is 4.98 Å². The second-order valence-corrected chi connectivity index (χ2v) is 2.15. The van der Waals surface area contributed by atoms with Crippen molar-refractivity contribution in [1.29, 1.82) is 0 Å². The number of aromatic nitrogens is 3. The van der Waals surface area contributed by atoms with Gasteiger partial charge in [-0.1, -0.05) is 0 Å². The van der Waals surface area contributed by atoms with Gasteiger partial charge in [0.2, 0.25) is 0 Å². The van der Waals surface area contributed by atoms with Crippen molar-refractivity contribution in [3.8, 4) is 0 Å². The Labute approximate surface area is 60.1 Å². The summed E-state index contributed by atoms with van der Waals surface area (Å²) in [7, 11) is 0. The van der Waals surface area contributed by atoms with E-state index in [-0.39, 0.29) is 0 Å². The fourth-order valence-corrected chi connectivity index (χ4v) is 0.766. The van der Waals surface area contributed by atoms with E-state index in [2.05, 4.69) is 10.1 Å². The molecule has 0 amide bonds. The van der Waals surface area contributed by atoms with Crippen LogP contribution >= 0.6 is 0 Å². The van der Waals surface area contributed by atoms with Crippen molar-refractivity contribution in [2.45, 2.75) is 19.4 Å². The predicted octanol–water partition coefficient (Wildman–Crippen LogP) is 0.0170. The maximum atomic E-state index is 5.32. The van der Waals surface area contributed by atoms with E-state index in [4.69, 9.17) is 5.73 Å². The fraction of sp³-hybridized carbons (Fsp3) is 0.667. The van der Waals surface area contributed by atoms with Crippen LogP contribution in [0.4, 0.5) is 0 Å². The number of unbranched alkanes of at least 4 members (excludes halogenated alkanes) is 1. The highest BCUT2D eigenvalue weighted by Gasteiger charge is 1.88. The van der Waals surface area contributed by atoms with Gasteiger partial charge < -0.3 is 5.73 Å². The lowest BCUT2D eigenvalue weighted by Crippen LogP contribution is -2.03. The third-order valence-electron chi connectivity index (χ3n) is 1.31. The first-order valence-corrected chi connectivity index (χ1v) is 3.46. The van der Waals surface area contributed by atoms with Crippen LogP contribution in [0, 0.1) is 0 Å². The molecule has 1 aromatic heterocycles. The highest BCUT2D eigenvalue weighted by molar-refractivity contribution is 4.55. The molecule has 0 aliphatic heterocycles. The molecule has 0 aliphatic rings. The van der Waals surface area contributed by atoms with Crippen LogP contribution in [0.15, 0.2) is 12.7 Å². The molecule has 0 saturated heterocycles. The number of aryl methyl sites for hydroxylation is 1. The van der Waals surface area contributed by atoms with Crippen LogP contribution in [0.2, 0.25) is 0 Å². The summed E-state index contributed by atoms with van der Waals surface area (Å²) in [5.74, 6) is 0. The van der Waals surface area contributed by atoms with Crippen molar-refractivity contribution >= 4 is 0 Å². The van der Waals surface area contributed by atoms with Gasteiger partial charge in [-0.05, 0) is 19.4 Å². The molecule has 0 aromatic carbocycles. The van der Waals surface area contributed by atoms with Crippen molar-refractivity contribution < 1.29 is 0 Å². The number of nitrogens with two attached hydrogens (primary N) is 1. The normalized spacial score (nSPS) is 10.1. The van der Waals surface area contributed by atoms with Gasteiger partial charge in [0.1, 0.15) is 12.7 Å². The minimum Gasteiger partial charge on any atom is -0.330 e. The van der Waals surface area contributed by atoms with Crippen molar-refractivity contribution in [2.75, 3.05) is 6.54 Å². The van der Waals surface area contributed by atoms with Crippen molar-refractivity contribution in [3.63, 3.8) is 0 Å². The molecule has 0 spiro atoms. The summed E-state index contributed by atoms with van der Waals surface area (Å²) in [6, 6.07) is 0. The van der Waals surface area contributed by atoms with E-state index in [9.17, 15) is 0 Å². The quantitative estimate of drug-likeness (QED) is 0.600. The Balaban J connectivity index is 2.15. The SMILES string of the molecule is NCCCCn1cncn1. The Hall–Kier alpha value is -0.900. The second kappa shape index (κ2) is 4.00. The minimum absolute atomic E-state index is 0.759. The summed E-state index contributed by atoms with van der Waals surface area (Å²) in [5, 5.41) is 3.95. The summed E-state index contributed by atoms with van der Waals surface area (Å²) in [4.78, 5) is 3.82. The molecule has 2 N–H and O–H groups in total. The number of nitrogens with zero attached hydrogens (tertiary/aromatic N) is 3. The van der Waals surface area contributed by atoms with Crippen molar-refractivity contribution in [1.82, 2.24) is 14.8 Å². The van der Waals surface area contributed by atoms with Crippen LogP contribution in [0.25, 0.3) is 0 Å². The first-order chi connectivity index (χ1) is 4.93.